The minimum atomic E-state index is -0.170. The molecule has 0 aromatic carbocycles. The zero-order valence-corrected chi connectivity index (χ0v) is 8.70. The van der Waals surface area contributed by atoms with Gasteiger partial charge >= 0.3 is 0 Å². The fourth-order valence-corrected chi connectivity index (χ4v) is 1.80. The Balaban J connectivity index is 2.20. The van der Waals surface area contributed by atoms with Crippen LogP contribution in [0.25, 0.3) is 0 Å². The molecule has 0 aliphatic heterocycles. The van der Waals surface area contributed by atoms with Crippen molar-refractivity contribution in [2.24, 2.45) is 5.73 Å². The molecule has 1 rings (SSSR count). The molecule has 1 aliphatic rings. The van der Waals surface area contributed by atoms with E-state index < -0.39 is 0 Å². The topological polar surface area (TPSA) is 75.4 Å². The van der Waals surface area contributed by atoms with Crippen LogP contribution in [0.15, 0.2) is 0 Å². The molecule has 1 fully saturated rings. The van der Waals surface area contributed by atoms with Gasteiger partial charge in [0.05, 0.1) is 6.10 Å². The second-order valence-corrected chi connectivity index (χ2v) is 4.25. The first-order chi connectivity index (χ1) is 6.58. The Labute approximate surface area is 84.9 Å². The molecule has 1 unspecified atom stereocenters. The third kappa shape index (κ3) is 4.07. The van der Waals surface area contributed by atoms with E-state index in [4.69, 9.17) is 5.73 Å². The van der Waals surface area contributed by atoms with Gasteiger partial charge in [0.2, 0.25) is 5.91 Å². The Hall–Kier alpha value is -0.610. The summed E-state index contributed by atoms with van der Waals surface area (Å²) in [6.07, 6.45) is 3.57. The zero-order valence-electron chi connectivity index (χ0n) is 8.70. The van der Waals surface area contributed by atoms with E-state index in [1.54, 1.807) is 0 Å². The van der Waals surface area contributed by atoms with Crippen molar-refractivity contribution in [2.45, 2.75) is 57.2 Å². The van der Waals surface area contributed by atoms with Gasteiger partial charge in [-0.15, -0.1) is 0 Å². The van der Waals surface area contributed by atoms with Crippen molar-refractivity contribution in [3.8, 4) is 0 Å². The van der Waals surface area contributed by atoms with Crippen molar-refractivity contribution in [1.29, 1.82) is 0 Å². The maximum atomic E-state index is 11.3. The number of nitrogens with one attached hydrogen (secondary N) is 1. The Kier molecular flexibility index (Phi) is 4.35. The number of rotatable bonds is 3. The Morgan fingerprint density at radius 1 is 1.50 bits per heavy atom. The van der Waals surface area contributed by atoms with Crippen LogP contribution in [0.4, 0.5) is 0 Å². The molecule has 0 aromatic heterocycles. The molecular weight excluding hydrogens is 180 g/mol. The molecule has 1 atom stereocenters. The lowest BCUT2D eigenvalue weighted by Crippen LogP contribution is -2.40. The molecular formula is C10H20N2O2. The van der Waals surface area contributed by atoms with E-state index in [0.29, 0.717) is 6.42 Å². The third-order valence-electron chi connectivity index (χ3n) is 2.57. The van der Waals surface area contributed by atoms with E-state index in [1.807, 2.05) is 6.92 Å². The average molecular weight is 200 g/mol. The molecule has 0 aromatic rings. The van der Waals surface area contributed by atoms with Crippen molar-refractivity contribution in [2.75, 3.05) is 0 Å². The van der Waals surface area contributed by atoms with Crippen LogP contribution in [0.1, 0.15) is 39.0 Å². The summed E-state index contributed by atoms with van der Waals surface area (Å²) in [5.41, 5.74) is 5.52. The first-order valence-corrected chi connectivity index (χ1v) is 5.31. The summed E-state index contributed by atoms with van der Waals surface area (Å²) in [5.74, 6) is 0.0291. The van der Waals surface area contributed by atoms with E-state index in [2.05, 4.69) is 5.32 Å². The molecule has 4 heteroatoms. The highest BCUT2D eigenvalue weighted by atomic mass is 16.3. The molecule has 1 aliphatic carbocycles. The molecule has 14 heavy (non-hydrogen) atoms. The van der Waals surface area contributed by atoms with Crippen LogP contribution in [0.3, 0.4) is 0 Å². The lowest BCUT2D eigenvalue weighted by atomic mass is 9.93. The molecule has 0 saturated heterocycles. The molecule has 4 N–H and O–H groups in total. The van der Waals surface area contributed by atoms with Gasteiger partial charge in [0.15, 0.2) is 0 Å². The highest BCUT2D eigenvalue weighted by Crippen LogP contribution is 2.18. The van der Waals surface area contributed by atoms with Crippen LogP contribution in [-0.2, 0) is 4.79 Å². The molecule has 1 amide bonds. The van der Waals surface area contributed by atoms with E-state index in [9.17, 15) is 9.90 Å². The number of aliphatic hydroxyl groups excluding tert-OH is 1. The van der Waals surface area contributed by atoms with Crippen LogP contribution in [0.2, 0.25) is 0 Å². The van der Waals surface area contributed by atoms with Crippen LogP contribution >= 0.6 is 0 Å². The van der Waals surface area contributed by atoms with Crippen LogP contribution < -0.4 is 11.1 Å². The summed E-state index contributed by atoms with van der Waals surface area (Å²) < 4.78 is 0. The highest BCUT2D eigenvalue weighted by molar-refractivity contribution is 5.76. The van der Waals surface area contributed by atoms with Crippen molar-refractivity contribution in [1.82, 2.24) is 5.32 Å². The van der Waals surface area contributed by atoms with Gasteiger partial charge in [0.1, 0.15) is 0 Å². The van der Waals surface area contributed by atoms with E-state index in [-0.39, 0.29) is 24.1 Å². The van der Waals surface area contributed by atoms with Crippen molar-refractivity contribution < 1.29 is 9.90 Å². The number of amides is 1. The second kappa shape index (κ2) is 5.32. The summed E-state index contributed by atoms with van der Waals surface area (Å²) in [6, 6.07) is 0.161. The zero-order chi connectivity index (χ0) is 10.6. The second-order valence-electron chi connectivity index (χ2n) is 4.25. The van der Waals surface area contributed by atoms with E-state index in [0.717, 1.165) is 25.7 Å². The third-order valence-corrected chi connectivity index (χ3v) is 2.57. The minimum Gasteiger partial charge on any atom is -0.393 e. The smallest absolute Gasteiger partial charge is 0.221 e. The van der Waals surface area contributed by atoms with Crippen LogP contribution in [0, 0.1) is 0 Å². The first-order valence-electron chi connectivity index (χ1n) is 5.31. The summed E-state index contributed by atoms with van der Waals surface area (Å²) >= 11 is 0. The largest absolute Gasteiger partial charge is 0.393 e. The Morgan fingerprint density at radius 3 is 2.57 bits per heavy atom. The summed E-state index contributed by atoms with van der Waals surface area (Å²) in [5, 5.41) is 12.2. The Bertz CT molecular complexity index is 187. The minimum absolute atomic E-state index is 0.0291. The predicted octanol–water partition coefficient (Wildman–Crippen LogP) is 0.143. The van der Waals surface area contributed by atoms with Gasteiger partial charge in [-0.05, 0) is 32.6 Å². The summed E-state index contributed by atoms with van der Waals surface area (Å²) in [6.45, 7) is 1.82. The molecule has 0 radical (unpaired) electrons. The van der Waals surface area contributed by atoms with Gasteiger partial charge in [-0.2, -0.15) is 0 Å². The van der Waals surface area contributed by atoms with Gasteiger partial charge in [-0.3, -0.25) is 4.79 Å². The van der Waals surface area contributed by atoms with E-state index in [1.165, 1.54) is 0 Å². The highest BCUT2D eigenvalue weighted by Gasteiger charge is 2.20. The normalized spacial score (nSPS) is 29.6. The molecule has 82 valence electrons. The molecule has 1 saturated carbocycles. The van der Waals surface area contributed by atoms with Gasteiger partial charge in [0.25, 0.3) is 0 Å². The van der Waals surface area contributed by atoms with Crippen molar-refractivity contribution in [3.63, 3.8) is 0 Å². The fourth-order valence-electron chi connectivity index (χ4n) is 1.80. The van der Waals surface area contributed by atoms with Crippen LogP contribution in [-0.4, -0.2) is 29.2 Å². The number of aliphatic hydroxyl groups is 1. The van der Waals surface area contributed by atoms with Gasteiger partial charge < -0.3 is 16.2 Å². The average Bonchev–Trinajstić information content (AvgIpc) is 2.07. The van der Waals surface area contributed by atoms with Crippen molar-refractivity contribution in [3.05, 3.63) is 0 Å². The number of carbonyl (C=O) groups excluding carboxylic acids is 1. The molecule has 0 bridgehead atoms. The number of hydrogen-bond donors (Lipinski definition) is 3. The number of nitrogens with two attached hydrogens (primary N) is 1. The SMILES string of the molecule is CC(N)CC(=O)NC1CCC(O)CC1. The lowest BCUT2D eigenvalue weighted by molar-refractivity contribution is -0.122. The standard InChI is InChI=1S/C10H20N2O2/c1-7(11)6-10(14)12-8-2-4-9(13)5-3-8/h7-9,13H,2-6,11H2,1H3,(H,12,14). The number of carbonyl (C=O) groups is 1. The van der Waals surface area contributed by atoms with E-state index >= 15 is 0 Å². The van der Waals surface area contributed by atoms with Gasteiger partial charge in [-0.1, -0.05) is 0 Å². The first kappa shape index (κ1) is 11.5. The molecule has 0 heterocycles. The van der Waals surface area contributed by atoms with Gasteiger partial charge in [0, 0.05) is 18.5 Å². The summed E-state index contributed by atoms with van der Waals surface area (Å²) in [4.78, 5) is 11.3. The van der Waals surface area contributed by atoms with Crippen molar-refractivity contribution >= 4 is 5.91 Å². The van der Waals surface area contributed by atoms with Gasteiger partial charge in [-0.25, -0.2) is 0 Å². The molecule has 0 spiro atoms. The summed E-state index contributed by atoms with van der Waals surface area (Å²) in [7, 11) is 0. The maximum absolute atomic E-state index is 11.3. The maximum Gasteiger partial charge on any atom is 0.221 e. The van der Waals surface area contributed by atoms with Crippen LogP contribution in [0.5, 0.6) is 0 Å². The quantitative estimate of drug-likeness (QED) is 0.606. The Morgan fingerprint density at radius 2 is 2.07 bits per heavy atom. The predicted molar refractivity (Wildman–Crippen MR) is 54.7 cm³/mol. The fraction of sp³-hybridized carbons (Fsp3) is 0.900. The number of hydrogen-bond acceptors (Lipinski definition) is 3. The molecule has 4 nitrogen and oxygen atoms in total. The monoisotopic (exact) mass is 200 g/mol. The lowest BCUT2D eigenvalue weighted by Gasteiger charge is -2.26.